The van der Waals surface area contributed by atoms with E-state index in [0.717, 1.165) is 29.3 Å². The topological polar surface area (TPSA) is 69.1 Å². The average molecular weight is 533 g/mol. The quantitative estimate of drug-likeness (QED) is 0.399. The molecule has 1 aromatic heterocycles. The van der Waals surface area contributed by atoms with E-state index in [4.69, 9.17) is 19.2 Å². The number of likely N-dealkylation sites (tertiary alicyclic amines) is 1. The first-order valence-electron chi connectivity index (χ1n) is 13.8. The van der Waals surface area contributed by atoms with E-state index in [2.05, 4.69) is 41.6 Å². The van der Waals surface area contributed by atoms with Crippen molar-refractivity contribution in [2.45, 2.75) is 64.4 Å². The molecule has 2 aromatic carbocycles. The molecule has 0 unspecified atom stereocenters. The van der Waals surface area contributed by atoms with Crippen molar-refractivity contribution in [3.63, 3.8) is 0 Å². The number of carbonyl (C=O) groups is 1. The summed E-state index contributed by atoms with van der Waals surface area (Å²) < 4.78 is 19.7. The minimum absolute atomic E-state index is 0.0387. The number of aromatic nitrogens is 2. The predicted molar refractivity (Wildman–Crippen MR) is 150 cm³/mol. The summed E-state index contributed by atoms with van der Waals surface area (Å²) in [5, 5.41) is 0. The summed E-state index contributed by atoms with van der Waals surface area (Å²) in [4.78, 5) is 23.3. The van der Waals surface area contributed by atoms with Gasteiger partial charge in [0.15, 0.2) is 5.60 Å². The fraction of sp³-hybridized carbons (Fsp3) is 0.484. The molecular formula is C31H40N4O4. The zero-order chi connectivity index (χ0) is 27.6. The van der Waals surface area contributed by atoms with Crippen LogP contribution in [-0.4, -0.2) is 70.3 Å². The predicted octanol–water partition coefficient (Wildman–Crippen LogP) is 4.66. The highest BCUT2D eigenvalue weighted by molar-refractivity contribution is 5.88. The van der Waals surface area contributed by atoms with Crippen LogP contribution in [0.1, 0.15) is 56.5 Å². The third-order valence-corrected chi connectivity index (χ3v) is 7.64. The number of ether oxygens (including phenoxy) is 3. The maximum absolute atomic E-state index is 14.2. The standard InChI is InChI=1S/C31H40N4O4/c1-22(2)35-19-29(32-21-35)28-18-33(16-24-8-12-27(13-9-24)39-23(3)4)20-31(28)30(36)34(14-15-38-31)17-25-6-10-26(37-5)11-7-25/h6-13,19,21-23,28H,14-18,20H2,1-5H3/t28-,31+/m0/s1. The second kappa shape index (κ2) is 11.4. The van der Waals surface area contributed by atoms with E-state index in [0.29, 0.717) is 38.8 Å². The van der Waals surface area contributed by atoms with Gasteiger partial charge in [-0.1, -0.05) is 24.3 Å². The SMILES string of the molecule is COc1ccc(CN2CCO[C@@]3(CN(Cc4ccc(OC(C)C)cc4)C[C@H]3c3cn(C(C)C)cn3)C2=O)cc1. The smallest absolute Gasteiger partial charge is 0.257 e. The number of hydrogen-bond acceptors (Lipinski definition) is 6. The van der Waals surface area contributed by atoms with E-state index < -0.39 is 5.60 Å². The van der Waals surface area contributed by atoms with Crippen LogP contribution in [0.25, 0.3) is 0 Å². The van der Waals surface area contributed by atoms with Crippen molar-refractivity contribution >= 4 is 5.91 Å². The molecule has 2 aliphatic heterocycles. The molecule has 8 heteroatoms. The van der Waals surface area contributed by atoms with Crippen LogP contribution in [0.2, 0.25) is 0 Å². The Labute approximate surface area is 231 Å². The summed E-state index contributed by atoms with van der Waals surface area (Å²) in [6.45, 7) is 11.9. The van der Waals surface area contributed by atoms with Crippen molar-refractivity contribution in [1.29, 1.82) is 0 Å². The summed E-state index contributed by atoms with van der Waals surface area (Å²) in [5.41, 5.74) is 2.18. The molecule has 0 saturated carbocycles. The van der Waals surface area contributed by atoms with Crippen LogP contribution in [0.5, 0.6) is 11.5 Å². The van der Waals surface area contributed by atoms with E-state index >= 15 is 0 Å². The number of imidazole rings is 1. The fourth-order valence-electron chi connectivity index (χ4n) is 5.62. The van der Waals surface area contributed by atoms with Crippen LogP contribution in [0.15, 0.2) is 61.1 Å². The Kier molecular flexibility index (Phi) is 7.96. The number of benzene rings is 2. The monoisotopic (exact) mass is 532 g/mol. The van der Waals surface area contributed by atoms with Gasteiger partial charge in [0.2, 0.25) is 0 Å². The normalized spacial score (nSPS) is 21.9. The van der Waals surface area contributed by atoms with E-state index in [-0.39, 0.29) is 17.9 Å². The number of amides is 1. The molecule has 1 spiro atoms. The van der Waals surface area contributed by atoms with E-state index in [1.54, 1.807) is 7.11 Å². The number of morpholine rings is 1. The van der Waals surface area contributed by atoms with Crippen LogP contribution in [-0.2, 0) is 22.6 Å². The van der Waals surface area contributed by atoms with Gasteiger partial charge < -0.3 is 23.7 Å². The van der Waals surface area contributed by atoms with Gasteiger partial charge in [0.1, 0.15) is 11.5 Å². The second-order valence-electron chi connectivity index (χ2n) is 11.2. The lowest BCUT2D eigenvalue weighted by atomic mass is 9.85. The molecule has 0 radical (unpaired) electrons. The lowest BCUT2D eigenvalue weighted by Crippen LogP contribution is -2.60. The molecule has 1 amide bonds. The van der Waals surface area contributed by atoms with Gasteiger partial charge in [-0.05, 0) is 63.1 Å². The molecule has 208 valence electrons. The van der Waals surface area contributed by atoms with E-state index in [1.165, 1.54) is 5.56 Å². The highest BCUT2D eigenvalue weighted by Crippen LogP contribution is 2.42. The summed E-state index contributed by atoms with van der Waals surface area (Å²) >= 11 is 0. The molecule has 0 N–H and O–H groups in total. The number of rotatable bonds is 9. The molecule has 3 heterocycles. The van der Waals surface area contributed by atoms with Gasteiger partial charge in [-0.3, -0.25) is 9.69 Å². The first kappa shape index (κ1) is 27.2. The van der Waals surface area contributed by atoms with Crippen LogP contribution < -0.4 is 9.47 Å². The first-order valence-corrected chi connectivity index (χ1v) is 13.8. The molecule has 39 heavy (non-hydrogen) atoms. The zero-order valence-electron chi connectivity index (χ0n) is 23.7. The summed E-state index contributed by atoms with van der Waals surface area (Å²) in [6, 6.07) is 16.4. The largest absolute Gasteiger partial charge is 0.497 e. The third-order valence-electron chi connectivity index (χ3n) is 7.64. The molecule has 3 aromatic rings. The van der Waals surface area contributed by atoms with Gasteiger partial charge in [-0.25, -0.2) is 4.98 Å². The minimum Gasteiger partial charge on any atom is -0.497 e. The number of nitrogens with zero attached hydrogens (tertiary/aromatic N) is 4. The molecular weight excluding hydrogens is 492 g/mol. The fourth-order valence-corrected chi connectivity index (χ4v) is 5.62. The third kappa shape index (κ3) is 5.82. The van der Waals surface area contributed by atoms with Crippen LogP contribution in [0, 0.1) is 0 Å². The Bertz CT molecular complexity index is 1250. The van der Waals surface area contributed by atoms with Crippen molar-refractivity contribution < 1.29 is 19.0 Å². The Morgan fingerprint density at radius 3 is 2.28 bits per heavy atom. The van der Waals surface area contributed by atoms with Crippen molar-refractivity contribution in [1.82, 2.24) is 19.4 Å². The lowest BCUT2D eigenvalue weighted by molar-refractivity contribution is -0.173. The minimum atomic E-state index is -0.971. The molecule has 2 aliphatic rings. The maximum atomic E-state index is 14.2. The van der Waals surface area contributed by atoms with Crippen LogP contribution >= 0.6 is 0 Å². The lowest BCUT2D eigenvalue weighted by Gasteiger charge is -2.42. The second-order valence-corrected chi connectivity index (χ2v) is 11.2. The molecule has 2 atom stereocenters. The average Bonchev–Trinajstić information content (AvgIpc) is 3.54. The first-order chi connectivity index (χ1) is 18.8. The molecule has 2 fully saturated rings. The highest BCUT2D eigenvalue weighted by atomic mass is 16.5. The highest BCUT2D eigenvalue weighted by Gasteiger charge is 2.57. The molecule has 5 rings (SSSR count). The van der Waals surface area contributed by atoms with Crippen LogP contribution in [0.3, 0.4) is 0 Å². The maximum Gasteiger partial charge on any atom is 0.257 e. The van der Waals surface area contributed by atoms with Gasteiger partial charge in [-0.2, -0.15) is 0 Å². The molecule has 2 saturated heterocycles. The van der Waals surface area contributed by atoms with Crippen molar-refractivity contribution in [3.05, 3.63) is 77.9 Å². The zero-order valence-corrected chi connectivity index (χ0v) is 23.7. The molecule has 8 nitrogen and oxygen atoms in total. The van der Waals surface area contributed by atoms with Crippen LogP contribution in [0.4, 0.5) is 0 Å². The number of carbonyl (C=O) groups excluding carboxylic acids is 1. The van der Waals surface area contributed by atoms with Gasteiger partial charge in [0.25, 0.3) is 5.91 Å². The number of methoxy groups -OCH3 is 1. The molecule has 0 aliphatic carbocycles. The Morgan fingerprint density at radius 2 is 1.67 bits per heavy atom. The van der Waals surface area contributed by atoms with Gasteiger partial charge in [0, 0.05) is 45.0 Å². The summed E-state index contributed by atoms with van der Waals surface area (Å²) in [5.74, 6) is 1.55. The Balaban J connectivity index is 1.40. The van der Waals surface area contributed by atoms with E-state index in [9.17, 15) is 4.79 Å². The summed E-state index contributed by atoms with van der Waals surface area (Å²) in [7, 11) is 1.66. The van der Waals surface area contributed by atoms with Crippen molar-refractivity contribution in [2.24, 2.45) is 0 Å². The Morgan fingerprint density at radius 1 is 1.00 bits per heavy atom. The van der Waals surface area contributed by atoms with Gasteiger partial charge >= 0.3 is 0 Å². The molecule has 0 bridgehead atoms. The van der Waals surface area contributed by atoms with Gasteiger partial charge in [0.05, 0.1) is 37.8 Å². The van der Waals surface area contributed by atoms with E-state index in [1.807, 2.05) is 61.5 Å². The van der Waals surface area contributed by atoms with Crippen molar-refractivity contribution in [2.75, 3.05) is 33.4 Å². The van der Waals surface area contributed by atoms with Crippen molar-refractivity contribution in [3.8, 4) is 11.5 Å². The summed E-state index contributed by atoms with van der Waals surface area (Å²) in [6.07, 6.45) is 4.08. The number of hydrogen-bond donors (Lipinski definition) is 0. The Hall–Kier alpha value is -3.36. The van der Waals surface area contributed by atoms with Gasteiger partial charge in [-0.15, -0.1) is 0 Å².